The van der Waals surface area contributed by atoms with Gasteiger partial charge in [0, 0.05) is 18.7 Å². The number of aromatic nitrogens is 3. The Hall–Kier alpha value is -2.46. The van der Waals surface area contributed by atoms with Gasteiger partial charge in [0.1, 0.15) is 17.4 Å². The average molecular weight is 327 g/mol. The van der Waals surface area contributed by atoms with Gasteiger partial charge in [-0.05, 0) is 39.7 Å². The molecule has 1 fully saturated rings. The first kappa shape index (κ1) is 16.4. The lowest BCUT2D eigenvalue weighted by Gasteiger charge is -2.19. The topological polar surface area (TPSA) is 88.1 Å². The Morgan fingerprint density at radius 1 is 1.25 bits per heavy atom. The van der Waals surface area contributed by atoms with Crippen molar-refractivity contribution in [2.45, 2.75) is 46.8 Å². The quantitative estimate of drug-likeness (QED) is 0.851. The Morgan fingerprint density at radius 2 is 2.04 bits per heavy atom. The van der Waals surface area contributed by atoms with E-state index in [-0.39, 0.29) is 6.10 Å². The van der Waals surface area contributed by atoms with Crippen molar-refractivity contribution in [1.82, 2.24) is 15.4 Å². The van der Waals surface area contributed by atoms with Crippen LogP contribution in [0.25, 0.3) is 0 Å². The van der Waals surface area contributed by atoms with E-state index in [1.165, 1.54) is 0 Å². The summed E-state index contributed by atoms with van der Waals surface area (Å²) >= 11 is 0. The number of nitriles is 1. The number of hydrogen-bond acceptors (Lipinski definition) is 7. The molecule has 3 heterocycles. The summed E-state index contributed by atoms with van der Waals surface area (Å²) in [6.07, 6.45) is 0.983. The summed E-state index contributed by atoms with van der Waals surface area (Å²) in [4.78, 5) is 2.08. The molecule has 0 bridgehead atoms. The summed E-state index contributed by atoms with van der Waals surface area (Å²) < 4.78 is 11.2. The molecule has 2 aromatic rings. The molecule has 0 aromatic carbocycles. The monoisotopic (exact) mass is 327 g/mol. The van der Waals surface area contributed by atoms with Crippen molar-refractivity contribution in [3.63, 3.8) is 0 Å². The number of anilines is 1. The fraction of sp³-hybridized carbons (Fsp3) is 0.529. The fourth-order valence-corrected chi connectivity index (χ4v) is 2.92. The molecule has 0 radical (unpaired) electrons. The van der Waals surface area contributed by atoms with Crippen LogP contribution in [0.3, 0.4) is 0 Å². The lowest BCUT2D eigenvalue weighted by Crippen LogP contribution is -2.25. The molecule has 126 valence electrons. The SMILES string of the molecule is Cc1nnc(N2CCC(OCc3c(C)noc3C)C2)c(C#N)c1C. The lowest BCUT2D eigenvalue weighted by atomic mass is 10.1. The molecule has 3 rings (SSSR count). The predicted molar refractivity (Wildman–Crippen MR) is 87.6 cm³/mol. The molecular formula is C17H21N5O2. The highest BCUT2D eigenvalue weighted by Crippen LogP contribution is 2.26. The van der Waals surface area contributed by atoms with Crippen molar-refractivity contribution < 1.29 is 9.26 Å². The largest absolute Gasteiger partial charge is 0.371 e. The van der Waals surface area contributed by atoms with Gasteiger partial charge in [0.15, 0.2) is 5.82 Å². The second-order valence-electron chi connectivity index (χ2n) is 6.19. The maximum Gasteiger partial charge on any atom is 0.169 e. The highest BCUT2D eigenvalue weighted by atomic mass is 16.5. The van der Waals surface area contributed by atoms with Crippen LogP contribution in [0, 0.1) is 39.0 Å². The molecule has 2 aromatic heterocycles. The highest BCUT2D eigenvalue weighted by Gasteiger charge is 2.27. The molecule has 0 saturated carbocycles. The molecule has 1 unspecified atom stereocenters. The standard InChI is InChI=1S/C17H21N5O2/c1-10-11(2)19-20-17(15(10)7-18)22-6-5-14(8-22)23-9-16-12(3)21-24-13(16)4/h14H,5-6,8-9H2,1-4H3. The van der Waals surface area contributed by atoms with E-state index in [0.717, 1.165) is 41.2 Å². The summed E-state index contributed by atoms with van der Waals surface area (Å²) in [5.41, 5.74) is 4.17. The van der Waals surface area contributed by atoms with Gasteiger partial charge in [-0.25, -0.2) is 0 Å². The van der Waals surface area contributed by atoms with Crippen LogP contribution < -0.4 is 4.90 Å². The smallest absolute Gasteiger partial charge is 0.169 e. The van der Waals surface area contributed by atoms with Gasteiger partial charge in [0.05, 0.1) is 24.1 Å². The molecule has 1 atom stereocenters. The van der Waals surface area contributed by atoms with Crippen molar-refractivity contribution in [3.05, 3.63) is 33.8 Å². The van der Waals surface area contributed by atoms with E-state index >= 15 is 0 Å². The minimum absolute atomic E-state index is 0.0913. The summed E-state index contributed by atoms with van der Waals surface area (Å²) in [5.74, 6) is 1.46. The zero-order chi connectivity index (χ0) is 17.3. The zero-order valence-corrected chi connectivity index (χ0v) is 14.5. The van der Waals surface area contributed by atoms with Gasteiger partial charge in [-0.2, -0.15) is 10.4 Å². The molecule has 1 saturated heterocycles. The molecular weight excluding hydrogens is 306 g/mol. The van der Waals surface area contributed by atoms with Crippen LogP contribution in [0.15, 0.2) is 4.52 Å². The first-order valence-corrected chi connectivity index (χ1v) is 8.03. The van der Waals surface area contributed by atoms with Gasteiger partial charge in [0.25, 0.3) is 0 Å². The molecule has 0 aliphatic carbocycles. The fourth-order valence-electron chi connectivity index (χ4n) is 2.92. The second kappa shape index (κ2) is 6.57. The van der Waals surface area contributed by atoms with E-state index < -0.39 is 0 Å². The van der Waals surface area contributed by atoms with Crippen molar-refractivity contribution in [2.24, 2.45) is 0 Å². The third-order valence-corrected chi connectivity index (χ3v) is 4.64. The lowest BCUT2D eigenvalue weighted by molar-refractivity contribution is 0.0544. The van der Waals surface area contributed by atoms with Crippen LogP contribution in [-0.2, 0) is 11.3 Å². The summed E-state index contributed by atoms with van der Waals surface area (Å²) in [7, 11) is 0. The van der Waals surface area contributed by atoms with Gasteiger partial charge in [-0.1, -0.05) is 5.16 Å². The van der Waals surface area contributed by atoms with Crippen LogP contribution in [0.5, 0.6) is 0 Å². The minimum Gasteiger partial charge on any atom is -0.371 e. The van der Waals surface area contributed by atoms with E-state index in [2.05, 4.69) is 26.3 Å². The number of ether oxygens (including phenoxy) is 1. The van der Waals surface area contributed by atoms with E-state index in [0.29, 0.717) is 24.5 Å². The van der Waals surface area contributed by atoms with E-state index in [1.54, 1.807) is 0 Å². The summed E-state index contributed by atoms with van der Waals surface area (Å²) in [5, 5.41) is 21.8. The Balaban J connectivity index is 1.68. The third-order valence-electron chi connectivity index (χ3n) is 4.64. The van der Waals surface area contributed by atoms with E-state index in [9.17, 15) is 5.26 Å². The minimum atomic E-state index is 0.0913. The van der Waals surface area contributed by atoms with Gasteiger partial charge in [-0.3, -0.25) is 0 Å². The van der Waals surface area contributed by atoms with Crippen molar-refractivity contribution in [3.8, 4) is 6.07 Å². The zero-order valence-electron chi connectivity index (χ0n) is 14.5. The normalized spacial score (nSPS) is 17.3. The van der Waals surface area contributed by atoms with Gasteiger partial charge in [0.2, 0.25) is 0 Å². The molecule has 0 amide bonds. The van der Waals surface area contributed by atoms with Crippen LogP contribution in [0.4, 0.5) is 5.82 Å². The van der Waals surface area contributed by atoms with Crippen molar-refractivity contribution >= 4 is 5.82 Å². The maximum absolute atomic E-state index is 9.45. The summed E-state index contributed by atoms with van der Waals surface area (Å²) in [6, 6.07) is 2.26. The molecule has 24 heavy (non-hydrogen) atoms. The second-order valence-corrected chi connectivity index (χ2v) is 6.19. The van der Waals surface area contributed by atoms with Crippen molar-refractivity contribution in [1.29, 1.82) is 5.26 Å². The first-order chi connectivity index (χ1) is 11.5. The number of nitrogens with zero attached hydrogens (tertiary/aromatic N) is 5. The Kier molecular flexibility index (Phi) is 4.49. The molecule has 1 aliphatic heterocycles. The average Bonchev–Trinajstić information content (AvgIpc) is 3.15. The Labute approximate surface area is 141 Å². The number of rotatable bonds is 4. The van der Waals surface area contributed by atoms with Crippen LogP contribution in [0.1, 0.15) is 40.3 Å². The van der Waals surface area contributed by atoms with Crippen LogP contribution in [-0.4, -0.2) is 34.5 Å². The van der Waals surface area contributed by atoms with Gasteiger partial charge < -0.3 is 14.2 Å². The Morgan fingerprint density at radius 3 is 2.71 bits per heavy atom. The number of hydrogen-bond donors (Lipinski definition) is 0. The van der Waals surface area contributed by atoms with Crippen molar-refractivity contribution in [2.75, 3.05) is 18.0 Å². The molecule has 1 aliphatic rings. The number of aryl methyl sites for hydroxylation is 3. The van der Waals surface area contributed by atoms with Gasteiger partial charge in [-0.15, -0.1) is 5.10 Å². The third kappa shape index (κ3) is 2.97. The van der Waals surface area contributed by atoms with Gasteiger partial charge >= 0.3 is 0 Å². The highest BCUT2D eigenvalue weighted by molar-refractivity contribution is 5.58. The molecule has 7 heteroatoms. The van der Waals surface area contributed by atoms with E-state index in [4.69, 9.17) is 9.26 Å². The predicted octanol–water partition coefficient (Wildman–Crippen LogP) is 2.37. The molecule has 0 spiro atoms. The van der Waals surface area contributed by atoms with E-state index in [1.807, 2.05) is 27.7 Å². The summed E-state index contributed by atoms with van der Waals surface area (Å²) in [6.45, 7) is 9.58. The maximum atomic E-state index is 9.45. The van der Waals surface area contributed by atoms with Crippen LogP contribution >= 0.6 is 0 Å². The first-order valence-electron chi connectivity index (χ1n) is 8.03. The van der Waals surface area contributed by atoms with Crippen LogP contribution in [0.2, 0.25) is 0 Å². The Bertz CT molecular complexity index is 774. The molecule has 7 nitrogen and oxygen atoms in total. The molecule has 0 N–H and O–H groups in total.